The van der Waals surface area contributed by atoms with Gasteiger partial charge >= 0.3 is 0 Å². The van der Waals surface area contributed by atoms with Gasteiger partial charge in [0.25, 0.3) is 0 Å². The number of hydrogen-bond donors (Lipinski definition) is 0. The van der Waals surface area contributed by atoms with E-state index in [9.17, 15) is 0 Å². The van der Waals surface area contributed by atoms with Crippen molar-refractivity contribution in [2.75, 3.05) is 0 Å². The van der Waals surface area contributed by atoms with E-state index in [0.717, 1.165) is 12.8 Å². The summed E-state index contributed by atoms with van der Waals surface area (Å²) in [5.74, 6) is 0. The topological polar surface area (TPSA) is 0 Å². The Balaban J connectivity index is 2.48. The Morgan fingerprint density at radius 1 is 1.19 bits per heavy atom. The Hall–Kier alpha value is -1.30. The number of allylic oxidation sites excluding steroid dienone is 4. The van der Waals surface area contributed by atoms with Crippen molar-refractivity contribution < 1.29 is 0 Å². The van der Waals surface area contributed by atoms with Gasteiger partial charge in [-0.15, -0.1) is 0 Å². The predicted molar refractivity (Wildman–Crippen MR) is 70.8 cm³/mol. The Morgan fingerprint density at radius 3 is 2.56 bits per heavy atom. The maximum atomic E-state index is 2.37. The molecule has 84 valence electrons. The molecule has 0 amide bonds. The van der Waals surface area contributed by atoms with Gasteiger partial charge < -0.3 is 0 Å². The van der Waals surface area contributed by atoms with Gasteiger partial charge in [0.05, 0.1) is 0 Å². The van der Waals surface area contributed by atoms with Crippen molar-refractivity contribution in [3.63, 3.8) is 0 Å². The summed E-state index contributed by atoms with van der Waals surface area (Å²) in [5, 5.41) is 0. The fourth-order valence-electron chi connectivity index (χ4n) is 2.69. The quantitative estimate of drug-likeness (QED) is 0.678. The molecule has 1 aliphatic carbocycles. The SMILES string of the molecule is CCC1(c2ccc(C)cc2C)C=CC=CC1. The summed E-state index contributed by atoms with van der Waals surface area (Å²) >= 11 is 0. The number of hydrogen-bond acceptors (Lipinski definition) is 0. The normalized spacial score (nSPS) is 23.7. The molecule has 1 aromatic rings. The minimum absolute atomic E-state index is 0.229. The molecule has 0 nitrogen and oxygen atoms in total. The molecule has 1 aromatic carbocycles. The molecular weight excluding hydrogens is 192 g/mol. The Bertz CT molecular complexity index is 437. The van der Waals surface area contributed by atoms with Gasteiger partial charge in [0.1, 0.15) is 0 Å². The van der Waals surface area contributed by atoms with Gasteiger partial charge in [0.15, 0.2) is 0 Å². The van der Waals surface area contributed by atoms with Gasteiger partial charge in [0, 0.05) is 5.41 Å². The lowest BCUT2D eigenvalue weighted by Gasteiger charge is -2.32. The number of rotatable bonds is 2. The van der Waals surface area contributed by atoms with Crippen molar-refractivity contribution >= 4 is 0 Å². The minimum atomic E-state index is 0.229. The molecule has 0 N–H and O–H groups in total. The first-order chi connectivity index (χ1) is 7.68. The van der Waals surface area contributed by atoms with E-state index < -0.39 is 0 Å². The lowest BCUT2D eigenvalue weighted by Crippen LogP contribution is -2.24. The average molecular weight is 212 g/mol. The van der Waals surface area contributed by atoms with Gasteiger partial charge in [-0.1, -0.05) is 55.0 Å². The lowest BCUT2D eigenvalue weighted by molar-refractivity contribution is 0.515. The minimum Gasteiger partial charge on any atom is -0.0833 e. The highest BCUT2D eigenvalue weighted by molar-refractivity contribution is 5.42. The fourth-order valence-corrected chi connectivity index (χ4v) is 2.69. The van der Waals surface area contributed by atoms with Crippen LogP contribution >= 0.6 is 0 Å². The highest BCUT2D eigenvalue weighted by Gasteiger charge is 2.28. The van der Waals surface area contributed by atoms with Gasteiger partial charge in [-0.2, -0.15) is 0 Å². The molecule has 1 unspecified atom stereocenters. The van der Waals surface area contributed by atoms with Crippen molar-refractivity contribution in [2.24, 2.45) is 0 Å². The third kappa shape index (κ3) is 1.84. The molecule has 0 saturated carbocycles. The van der Waals surface area contributed by atoms with Crippen molar-refractivity contribution in [3.8, 4) is 0 Å². The van der Waals surface area contributed by atoms with Gasteiger partial charge in [-0.25, -0.2) is 0 Å². The van der Waals surface area contributed by atoms with Crippen LogP contribution in [-0.2, 0) is 5.41 Å². The molecular formula is C16H20. The van der Waals surface area contributed by atoms with E-state index in [2.05, 4.69) is 63.3 Å². The van der Waals surface area contributed by atoms with Crippen molar-refractivity contribution in [1.29, 1.82) is 0 Å². The predicted octanol–water partition coefficient (Wildman–Crippen LogP) is 4.47. The number of aryl methyl sites for hydroxylation is 2. The third-order valence-electron chi connectivity index (χ3n) is 3.69. The molecule has 0 spiro atoms. The largest absolute Gasteiger partial charge is 0.0833 e. The van der Waals surface area contributed by atoms with Gasteiger partial charge in [-0.05, 0) is 37.8 Å². The Morgan fingerprint density at radius 2 is 2.00 bits per heavy atom. The van der Waals surface area contributed by atoms with Crippen LogP contribution in [0.1, 0.15) is 36.5 Å². The molecule has 0 aliphatic heterocycles. The van der Waals surface area contributed by atoms with E-state index in [1.54, 1.807) is 0 Å². The molecule has 16 heavy (non-hydrogen) atoms. The zero-order valence-corrected chi connectivity index (χ0v) is 10.5. The van der Waals surface area contributed by atoms with E-state index in [1.165, 1.54) is 16.7 Å². The maximum Gasteiger partial charge on any atom is 0.0169 e. The summed E-state index contributed by atoms with van der Waals surface area (Å²) in [6, 6.07) is 6.82. The Kier molecular flexibility index (Phi) is 3.00. The van der Waals surface area contributed by atoms with E-state index >= 15 is 0 Å². The molecule has 0 fully saturated rings. The molecule has 0 aromatic heterocycles. The summed E-state index contributed by atoms with van der Waals surface area (Å²) in [7, 11) is 0. The van der Waals surface area contributed by atoms with Crippen LogP contribution < -0.4 is 0 Å². The van der Waals surface area contributed by atoms with E-state index in [-0.39, 0.29) is 5.41 Å². The summed E-state index contributed by atoms with van der Waals surface area (Å²) in [5.41, 5.74) is 4.48. The molecule has 2 rings (SSSR count). The summed E-state index contributed by atoms with van der Waals surface area (Å²) in [4.78, 5) is 0. The summed E-state index contributed by atoms with van der Waals surface area (Å²) in [6.45, 7) is 6.67. The summed E-state index contributed by atoms with van der Waals surface area (Å²) in [6.07, 6.45) is 11.3. The zero-order valence-electron chi connectivity index (χ0n) is 10.5. The van der Waals surface area contributed by atoms with Gasteiger partial charge in [0.2, 0.25) is 0 Å². The lowest BCUT2D eigenvalue weighted by atomic mass is 9.72. The van der Waals surface area contributed by atoms with Gasteiger partial charge in [-0.3, -0.25) is 0 Å². The second-order valence-corrected chi connectivity index (χ2v) is 4.82. The fraction of sp³-hybridized carbons (Fsp3) is 0.375. The van der Waals surface area contributed by atoms with E-state index in [1.807, 2.05) is 0 Å². The van der Waals surface area contributed by atoms with Crippen LogP contribution in [0.3, 0.4) is 0 Å². The maximum absolute atomic E-state index is 2.37. The first kappa shape index (κ1) is 11.2. The standard InChI is InChI=1S/C16H20/c1-4-16(10-6-5-7-11-16)15-9-8-13(2)12-14(15)3/h5-10,12H,4,11H2,1-3H3. The number of benzene rings is 1. The first-order valence-electron chi connectivity index (χ1n) is 6.10. The molecule has 0 bridgehead atoms. The van der Waals surface area contributed by atoms with Crippen LogP contribution in [0.15, 0.2) is 42.5 Å². The monoisotopic (exact) mass is 212 g/mol. The second kappa shape index (κ2) is 4.29. The van der Waals surface area contributed by atoms with Crippen LogP contribution in [0.5, 0.6) is 0 Å². The van der Waals surface area contributed by atoms with Crippen LogP contribution in [-0.4, -0.2) is 0 Å². The Labute approximate surface area is 98.7 Å². The van der Waals surface area contributed by atoms with E-state index in [0.29, 0.717) is 0 Å². The van der Waals surface area contributed by atoms with Crippen molar-refractivity contribution in [1.82, 2.24) is 0 Å². The molecule has 0 heteroatoms. The van der Waals surface area contributed by atoms with Crippen LogP contribution in [0, 0.1) is 13.8 Å². The molecule has 0 saturated heterocycles. The molecule has 0 radical (unpaired) electrons. The van der Waals surface area contributed by atoms with E-state index in [4.69, 9.17) is 0 Å². The highest BCUT2D eigenvalue weighted by Crippen LogP contribution is 2.37. The molecule has 0 heterocycles. The smallest absolute Gasteiger partial charge is 0.0169 e. The van der Waals surface area contributed by atoms with Crippen molar-refractivity contribution in [3.05, 3.63) is 59.2 Å². The first-order valence-corrected chi connectivity index (χ1v) is 6.10. The highest BCUT2D eigenvalue weighted by atomic mass is 14.3. The second-order valence-electron chi connectivity index (χ2n) is 4.82. The van der Waals surface area contributed by atoms with Crippen molar-refractivity contribution in [2.45, 2.75) is 39.0 Å². The van der Waals surface area contributed by atoms with Crippen LogP contribution in [0.2, 0.25) is 0 Å². The van der Waals surface area contributed by atoms with Crippen LogP contribution in [0.25, 0.3) is 0 Å². The zero-order chi connectivity index (χ0) is 11.6. The summed E-state index contributed by atoms with van der Waals surface area (Å²) < 4.78 is 0. The molecule has 1 atom stereocenters. The third-order valence-corrected chi connectivity index (χ3v) is 3.69. The van der Waals surface area contributed by atoms with Crippen LogP contribution in [0.4, 0.5) is 0 Å². The average Bonchev–Trinajstić information content (AvgIpc) is 2.30. The molecule has 1 aliphatic rings.